The minimum Gasteiger partial charge on any atom is -0.338 e. The molecule has 29 heavy (non-hydrogen) atoms. The molecule has 1 aromatic heterocycles. The summed E-state index contributed by atoms with van der Waals surface area (Å²) in [5, 5.41) is 3.20. The third-order valence-electron chi connectivity index (χ3n) is 4.79. The highest BCUT2D eigenvalue weighted by atomic mass is 19.1. The number of urea groups is 1. The summed E-state index contributed by atoms with van der Waals surface area (Å²) >= 11 is 0. The Morgan fingerprint density at radius 1 is 1.17 bits per heavy atom. The zero-order valence-corrected chi connectivity index (χ0v) is 16.9. The quantitative estimate of drug-likeness (QED) is 0.684. The van der Waals surface area contributed by atoms with Gasteiger partial charge in [-0.15, -0.1) is 0 Å². The molecule has 1 unspecified atom stereocenters. The molecule has 0 saturated carbocycles. The van der Waals surface area contributed by atoms with Gasteiger partial charge in [0.2, 0.25) is 0 Å². The Bertz CT molecular complexity index is 1080. The lowest BCUT2D eigenvalue weighted by atomic mass is 10.1. The SMILES string of the molecule is CCCN(C(=O)NCC)C(C)c1nc2ccccc2c(=O)n1-c1ccccc1F. The van der Waals surface area contributed by atoms with E-state index >= 15 is 0 Å². The van der Waals surface area contributed by atoms with Crippen molar-refractivity contribution in [2.75, 3.05) is 13.1 Å². The number of fused-ring (bicyclic) bond motifs is 1. The van der Waals surface area contributed by atoms with Crippen molar-refractivity contribution in [3.8, 4) is 5.69 Å². The van der Waals surface area contributed by atoms with Gasteiger partial charge < -0.3 is 10.2 Å². The molecular formula is C22H25FN4O2. The second kappa shape index (κ2) is 8.86. The van der Waals surface area contributed by atoms with Crippen LogP contribution in [0.4, 0.5) is 9.18 Å². The van der Waals surface area contributed by atoms with E-state index in [0.29, 0.717) is 29.8 Å². The van der Waals surface area contributed by atoms with Crippen LogP contribution in [-0.2, 0) is 0 Å². The fraction of sp³-hybridized carbons (Fsp3) is 0.318. The van der Waals surface area contributed by atoms with Crippen LogP contribution >= 0.6 is 0 Å². The summed E-state index contributed by atoms with van der Waals surface area (Å²) in [6, 6.07) is 12.3. The molecule has 3 aromatic rings. The van der Waals surface area contributed by atoms with Crippen LogP contribution in [0.15, 0.2) is 53.3 Å². The van der Waals surface area contributed by atoms with Crippen molar-refractivity contribution in [1.82, 2.24) is 19.8 Å². The Morgan fingerprint density at radius 2 is 1.86 bits per heavy atom. The first kappa shape index (κ1) is 20.5. The van der Waals surface area contributed by atoms with Crippen LogP contribution in [0.25, 0.3) is 16.6 Å². The first-order valence-electron chi connectivity index (χ1n) is 9.80. The Balaban J connectivity index is 2.28. The number of aromatic nitrogens is 2. The van der Waals surface area contributed by atoms with Gasteiger partial charge in [-0.25, -0.2) is 14.2 Å². The minimum absolute atomic E-state index is 0.116. The first-order valence-corrected chi connectivity index (χ1v) is 9.80. The molecule has 0 aliphatic carbocycles. The zero-order chi connectivity index (χ0) is 21.0. The van der Waals surface area contributed by atoms with E-state index in [1.54, 1.807) is 54.3 Å². The van der Waals surface area contributed by atoms with Gasteiger partial charge in [-0.1, -0.05) is 31.2 Å². The highest BCUT2D eigenvalue weighted by Crippen LogP contribution is 2.24. The van der Waals surface area contributed by atoms with Gasteiger partial charge in [-0.2, -0.15) is 0 Å². The molecule has 1 N–H and O–H groups in total. The second-order valence-electron chi connectivity index (χ2n) is 6.78. The van der Waals surface area contributed by atoms with E-state index in [-0.39, 0.29) is 17.3 Å². The van der Waals surface area contributed by atoms with Crippen molar-refractivity contribution in [2.24, 2.45) is 0 Å². The Labute approximate surface area is 169 Å². The molecule has 0 fully saturated rings. The van der Waals surface area contributed by atoms with Gasteiger partial charge in [0.25, 0.3) is 5.56 Å². The van der Waals surface area contributed by atoms with Crippen LogP contribution in [0.1, 0.15) is 39.1 Å². The van der Waals surface area contributed by atoms with Crippen molar-refractivity contribution in [2.45, 2.75) is 33.2 Å². The third-order valence-corrected chi connectivity index (χ3v) is 4.79. The Hall–Kier alpha value is -3.22. The molecule has 0 aliphatic heterocycles. The van der Waals surface area contributed by atoms with Crippen LogP contribution < -0.4 is 10.9 Å². The van der Waals surface area contributed by atoms with Gasteiger partial charge in [0.05, 0.1) is 22.6 Å². The Morgan fingerprint density at radius 3 is 2.55 bits per heavy atom. The van der Waals surface area contributed by atoms with Gasteiger partial charge in [-0.05, 0) is 44.5 Å². The van der Waals surface area contributed by atoms with E-state index in [9.17, 15) is 14.0 Å². The molecule has 6 nitrogen and oxygen atoms in total. The summed E-state index contributed by atoms with van der Waals surface area (Å²) in [6.45, 7) is 6.58. The number of nitrogens with zero attached hydrogens (tertiary/aromatic N) is 3. The Kier molecular flexibility index (Phi) is 6.26. The number of rotatable bonds is 6. The number of benzene rings is 2. The zero-order valence-electron chi connectivity index (χ0n) is 16.9. The van der Waals surface area contributed by atoms with Crippen LogP contribution in [0.2, 0.25) is 0 Å². The highest BCUT2D eigenvalue weighted by molar-refractivity contribution is 5.78. The van der Waals surface area contributed by atoms with Crippen LogP contribution in [0.5, 0.6) is 0 Å². The lowest BCUT2D eigenvalue weighted by Gasteiger charge is -2.30. The summed E-state index contributed by atoms with van der Waals surface area (Å²) in [5.74, 6) is -0.210. The molecule has 7 heteroatoms. The van der Waals surface area contributed by atoms with E-state index in [0.717, 1.165) is 6.42 Å². The molecule has 0 saturated heterocycles. The van der Waals surface area contributed by atoms with Crippen molar-refractivity contribution in [3.05, 3.63) is 70.5 Å². The summed E-state index contributed by atoms with van der Waals surface area (Å²) < 4.78 is 15.9. The van der Waals surface area contributed by atoms with Crippen LogP contribution in [-0.4, -0.2) is 33.6 Å². The van der Waals surface area contributed by atoms with Gasteiger partial charge >= 0.3 is 6.03 Å². The molecular weight excluding hydrogens is 371 g/mol. The molecule has 3 rings (SSSR count). The summed E-state index contributed by atoms with van der Waals surface area (Å²) in [5.41, 5.74) is 0.263. The van der Waals surface area contributed by atoms with E-state index in [4.69, 9.17) is 0 Å². The van der Waals surface area contributed by atoms with Crippen molar-refractivity contribution < 1.29 is 9.18 Å². The van der Waals surface area contributed by atoms with Gasteiger partial charge in [0.15, 0.2) is 0 Å². The standard InChI is InChI=1S/C22H25FN4O2/c1-4-14-26(22(29)24-5-2)15(3)20-25-18-12-8-6-10-16(18)21(28)27(20)19-13-9-7-11-17(19)23/h6-13,15H,4-5,14H2,1-3H3,(H,24,29). The minimum atomic E-state index is -0.543. The molecule has 152 valence electrons. The normalized spacial score (nSPS) is 12.0. The maximum absolute atomic E-state index is 14.6. The summed E-state index contributed by atoms with van der Waals surface area (Å²) in [6.07, 6.45) is 0.735. The topological polar surface area (TPSA) is 67.2 Å². The van der Waals surface area contributed by atoms with E-state index in [1.807, 2.05) is 13.8 Å². The highest BCUT2D eigenvalue weighted by Gasteiger charge is 2.26. The molecule has 0 spiro atoms. The molecule has 1 heterocycles. The third kappa shape index (κ3) is 3.99. The van der Waals surface area contributed by atoms with Crippen LogP contribution in [0.3, 0.4) is 0 Å². The molecule has 0 bridgehead atoms. The van der Waals surface area contributed by atoms with E-state index in [2.05, 4.69) is 10.3 Å². The van der Waals surface area contributed by atoms with E-state index in [1.165, 1.54) is 10.6 Å². The number of para-hydroxylation sites is 2. The fourth-order valence-corrected chi connectivity index (χ4v) is 3.40. The maximum atomic E-state index is 14.6. The van der Waals surface area contributed by atoms with Crippen molar-refractivity contribution in [1.29, 1.82) is 0 Å². The monoisotopic (exact) mass is 396 g/mol. The lowest BCUT2D eigenvalue weighted by molar-refractivity contribution is 0.176. The van der Waals surface area contributed by atoms with Gasteiger partial charge in [0.1, 0.15) is 11.6 Å². The van der Waals surface area contributed by atoms with Gasteiger partial charge in [-0.3, -0.25) is 9.36 Å². The maximum Gasteiger partial charge on any atom is 0.318 e. The number of amides is 2. The smallest absolute Gasteiger partial charge is 0.318 e. The van der Waals surface area contributed by atoms with Crippen molar-refractivity contribution >= 4 is 16.9 Å². The molecule has 2 aromatic carbocycles. The second-order valence-corrected chi connectivity index (χ2v) is 6.78. The summed E-state index contributed by atoms with van der Waals surface area (Å²) in [7, 11) is 0. The first-order chi connectivity index (χ1) is 14.0. The molecule has 0 aliphatic rings. The average Bonchev–Trinajstić information content (AvgIpc) is 2.72. The lowest BCUT2D eigenvalue weighted by Crippen LogP contribution is -2.43. The summed E-state index contributed by atoms with van der Waals surface area (Å²) in [4.78, 5) is 32.3. The molecule has 1 atom stereocenters. The largest absolute Gasteiger partial charge is 0.338 e. The average molecular weight is 396 g/mol. The number of halogens is 1. The molecule has 0 radical (unpaired) electrons. The fourth-order valence-electron chi connectivity index (χ4n) is 3.40. The van der Waals surface area contributed by atoms with E-state index < -0.39 is 11.9 Å². The predicted molar refractivity (Wildman–Crippen MR) is 112 cm³/mol. The molecule has 2 amide bonds. The number of nitrogens with one attached hydrogen (secondary N) is 1. The number of hydrogen-bond donors (Lipinski definition) is 1. The van der Waals surface area contributed by atoms with Crippen LogP contribution in [0, 0.1) is 5.82 Å². The number of carbonyl (C=O) groups excluding carboxylic acids is 1. The number of hydrogen-bond acceptors (Lipinski definition) is 3. The van der Waals surface area contributed by atoms with Crippen molar-refractivity contribution in [3.63, 3.8) is 0 Å². The number of carbonyl (C=O) groups is 1. The van der Waals surface area contributed by atoms with Gasteiger partial charge in [0, 0.05) is 13.1 Å². The predicted octanol–water partition coefficient (Wildman–Crippen LogP) is 4.03.